The molecule has 3 N–H and O–H groups in total. The molecule has 2 aromatic rings. The molecule has 0 amide bonds. The van der Waals surface area contributed by atoms with Crippen LogP contribution in [0, 0.1) is 6.92 Å². The van der Waals surface area contributed by atoms with Gasteiger partial charge in [-0.1, -0.05) is 6.92 Å². The second kappa shape index (κ2) is 3.56. The monoisotopic (exact) mass is 219 g/mol. The zero-order valence-electron chi connectivity index (χ0n) is 9.20. The van der Waals surface area contributed by atoms with Crippen molar-refractivity contribution in [3.63, 3.8) is 0 Å². The number of phenols is 1. The summed E-state index contributed by atoms with van der Waals surface area (Å²) in [6, 6.07) is 3.21. The first-order valence-corrected chi connectivity index (χ1v) is 5.10. The smallest absolute Gasteiger partial charge is 0.339 e. The Morgan fingerprint density at radius 1 is 1.44 bits per heavy atom. The first-order chi connectivity index (χ1) is 7.56. The van der Waals surface area contributed by atoms with Crippen molar-refractivity contribution in [2.45, 2.75) is 20.3 Å². The van der Waals surface area contributed by atoms with Crippen LogP contribution in [-0.2, 0) is 6.42 Å². The lowest BCUT2D eigenvalue weighted by Crippen LogP contribution is -2.09. The molecule has 2 rings (SSSR count). The number of hydrogen-bond acceptors (Lipinski definition) is 4. The average Bonchev–Trinajstić information content (AvgIpc) is 2.25. The fourth-order valence-electron chi connectivity index (χ4n) is 1.87. The number of aromatic hydroxyl groups is 1. The van der Waals surface area contributed by atoms with Crippen molar-refractivity contribution in [1.82, 2.24) is 0 Å². The van der Waals surface area contributed by atoms with Gasteiger partial charge in [0.05, 0.1) is 0 Å². The highest BCUT2D eigenvalue weighted by Gasteiger charge is 2.13. The van der Waals surface area contributed by atoms with E-state index in [-0.39, 0.29) is 22.6 Å². The Bertz CT molecular complexity index is 614. The zero-order valence-corrected chi connectivity index (χ0v) is 9.20. The molecule has 0 aliphatic rings. The third kappa shape index (κ3) is 1.34. The van der Waals surface area contributed by atoms with Crippen LogP contribution in [0.2, 0.25) is 0 Å². The van der Waals surface area contributed by atoms with E-state index < -0.39 is 0 Å². The van der Waals surface area contributed by atoms with Crippen molar-refractivity contribution in [2.75, 3.05) is 5.73 Å². The zero-order chi connectivity index (χ0) is 11.9. The summed E-state index contributed by atoms with van der Waals surface area (Å²) in [5, 5.41) is 10.2. The van der Waals surface area contributed by atoms with Gasteiger partial charge >= 0.3 is 5.63 Å². The molecule has 0 bridgehead atoms. The number of rotatable bonds is 1. The first-order valence-electron chi connectivity index (χ1n) is 5.10. The molecule has 0 saturated heterocycles. The molecule has 0 spiro atoms. The maximum Gasteiger partial charge on any atom is 0.339 e. The van der Waals surface area contributed by atoms with Gasteiger partial charge in [0.25, 0.3) is 0 Å². The van der Waals surface area contributed by atoms with Crippen molar-refractivity contribution in [3.05, 3.63) is 33.7 Å². The van der Waals surface area contributed by atoms with Crippen molar-refractivity contribution in [3.8, 4) is 5.75 Å². The lowest BCUT2D eigenvalue weighted by molar-refractivity contribution is 0.476. The third-order valence-corrected chi connectivity index (χ3v) is 2.82. The summed E-state index contributed by atoms with van der Waals surface area (Å²) in [5.74, 6) is -0.0701. The van der Waals surface area contributed by atoms with E-state index >= 15 is 0 Å². The van der Waals surface area contributed by atoms with Crippen LogP contribution >= 0.6 is 0 Å². The Hall–Kier alpha value is -1.97. The number of benzene rings is 1. The summed E-state index contributed by atoms with van der Waals surface area (Å²) in [7, 11) is 0. The van der Waals surface area contributed by atoms with E-state index in [4.69, 9.17) is 10.2 Å². The molecule has 0 fully saturated rings. The van der Waals surface area contributed by atoms with Crippen LogP contribution < -0.4 is 11.4 Å². The number of nitrogens with two attached hydrogens (primary N) is 1. The van der Waals surface area contributed by atoms with Gasteiger partial charge in [-0.25, -0.2) is 4.79 Å². The molecule has 1 aromatic carbocycles. The lowest BCUT2D eigenvalue weighted by atomic mass is 10.0. The minimum absolute atomic E-state index is 0.0701. The summed E-state index contributed by atoms with van der Waals surface area (Å²) in [6.07, 6.45) is 0.616. The topological polar surface area (TPSA) is 76.5 Å². The van der Waals surface area contributed by atoms with E-state index in [0.29, 0.717) is 12.0 Å². The van der Waals surface area contributed by atoms with Gasteiger partial charge in [0.1, 0.15) is 11.4 Å². The number of hydrogen-bond donors (Lipinski definition) is 2. The standard InChI is InChI=1S/C12H13NO3/c1-3-7-6(2)8-4-5-9(14)10(13)11(8)16-12(7)15/h4-5,14H,3,13H2,1-2H3. The van der Waals surface area contributed by atoms with Crippen LogP contribution in [-0.4, -0.2) is 5.11 Å². The minimum Gasteiger partial charge on any atom is -0.506 e. The maximum atomic E-state index is 11.6. The highest BCUT2D eigenvalue weighted by molar-refractivity contribution is 5.93. The molecule has 0 unspecified atom stereocenters. The molecule has 1 aromatic heterocycles. The Morgan fingerprint density at radius 3 is 2.75 bits per heavy atom. The Morgan fingerprint density at radius 2 is 2.12 bits per heavy atom. The Balaban J connectivity index is 2.98. The SMILES string of the molecule is CCc1c(C)c2ccc(O)c(N)c2oc1=O. The van der Waals surface area contributed by atoms with Crippen molar-refractivity contribution < 1.29 is 9.52 Å². The number of fused-ring (bicyclic) bond motifs is 1. The second-order valence-corrected chi connectivity index (χ2v) is 3.72. The van der Waals surface area contributed by atoms with Crippen LogP contribution in [0.15, 0.2) is 21.3 Å². The molecule has 0 aliphatic carbocycles. The predicted molar refractivity (Wildman–Crippen MR) is 62.7 cm³/mol. The quantitative estimate of drug-likeness (QED) is 0.436. The van der Waals surface area contributed by atoms with E-state index in [1.165, 1.54) is 6.07 Å². The van der Waals surface area contributed by atoms with Crippen LogP contribution in [0.4, 0.5) is 5.69 Å². The minimum atomic E-state index is -0.384. The molecule has 4 heteroatoms. The van der Waals surface area contributed by atoms with Gasteiger partial charge in [-0.15, -0.1) is 0 Å². The first kappa shape index (κ1) is 10.5. The molecule has 4 nitrogen and oxygen atoms in total. The van der Waals surface area contributed by atoms with Crippen molar-refractivity contribution in [1.29, 1.82) is 0 Å². The molecule has 0 saturated carbocycles. The highest BCUT2D eigenvalue weighted by atomic mass is 16.4. The number of phenolic OH excluding ortho intramolecular Hbond substituents is 1. The van der Waals surface area contributed by atoms with Gasteiger partial charge in [0.15, 0.2) is 5.58 Å². The van der Waals surface area contributed by atoms with Crippen LogP contribution in [0.1, 0.15) is 18.1 Å². The van der Waals surface area contributed by atoms with Gasteiger partial charge in [-0.05, 0) is 31.0 Å². The molecule has 16 heavy (non-hydrogen) atoms. The van der Waals surface area contributed by atoms with Gasteiger partial charge in [0.2, 0.25) is 0 Å². The maximum absolute atomic E-state index is 11.6. The van der Waals surface area contributed by atoms with Gasteiger partial charge in [-0.2, -0.15) is 0 Å². The predicted octanol–water partition coefficient (Wildman–Crippen LogP) is 1.95. The molecule has 1 heterocycles. The fraction of sp³-hybridized carbons (Fsp3) is 0.250. The summed E-state index contributed by atoms with van der Waals surface area (Å²) < 4.78 is 5.14. The van der Waals surface area contributed by atoms with Gasteiger partial charge in [0, 0.05) is 10.9 Å². The normalized spacial score (nSPS) is 10.9. The summed E-state index contributed by atoms with van der Waals surface area (Å²) in [5.41, 5.74) is 7.17. The van der Waals surface area contributed by atoms with Crippen LogP contribution in [0.5, 0.6) is 5.75 Å². The summed E-state index contributed by atoms with van der Waals surface area (Å²) in [4.78, 5) is 11.6. The third-order valence-electron chi connectivity index (χ3n) is 2.82. The molecular formula is C12H13NO3. The van der Waals surface area contributed by atoms with Crippen molar-refractivity contribution in [2.24, 2.45) is 0 Å². The van der Waals surface area contributed by atoms with E-state index in [1.54, 1.807) is 6.07 Å². The fourth-order valence-corrected chi connectivity index (χ4v) is 1.87. The van der Waals surface area contributed by atoms with Crippen LogP contribution in [0.25, 0.3) is 11.0 Å². The van der Waals surface area contributed by atoms with E-state index in [1.807, 2.05) is 13.8 Å². The van der Waals surface area contributed by atoms with E-state index in [2.05, 4.69) is 0 Å². The molecule has 84 valence electrons. The number of aryl methyl sites for hydroxylation is 1. The molecule has 0 radical (unpaired) electrons. The van der Waals surface area contributed by atoms with E-state index in [0.717, 1.165) is 10.9 Å². The largest absolute Gasteiger partial charge is 0.506 e. The molecule has 0 atom stereocenters. The average molecular weight is 219 g/mol. The lowest BCUT2D eigenvalue weighted by Gasteiger charge is -2.08. The molecule has 0 aliphatic heterocycles. The van der Waals surface area contributed by atoms with Crippen LogP contribution in [0.3, 0.4) is 0 Å². The second-order valence-electron chi connectivity index (χ2n) is 3.72. The van der Waals surface area contributed by atoms with Crippen molar-refractivity contribution >= 4 is 16.7 Å². The van der Waals surface area contributed by atoms with Gasteiger partial charge in [-0.3, -0.25) is 0 Å². The summed E-state index contributed by atoms with van der Waals surface area (Å²) in [6.45, 7) is 3.75. The Labute approximate surface area is 92.3 Å². The number of nitrogen functional groups attached to an aromatic ring is 1. The molecular weight excluding hydrogens is 206 g/mol. The Kier molecular flexibility index (Phi) is 2.34. The summed E-state index contributed by atoms with van der Waals surface area (Å²) >= 11 is 0. The number of anilines is 1. The highest BCUT2D eigenvalue weighted by Crippen LogP contribution is 2.31. The van der Waals surface area contributed by atoms with Gasteiger partial charge < -0.3 is 15.3 Å². The van der Waals surface area contributed by atoms with E-state index in [9.17, 15) is 9.90 Å².